The summed E-state index contributed by atoms with van der Waals surface area (Å²) in [6, 6.07) is 68.2. The van der Waals surface area contributed by atoms with Crippen LogP contribution in [-0.4, -0.2) is 237 Å². The Morgan fingerprint density at radius 1 is 0.391 bits per heavy atom. The van der Waals surface area contributed by atoms with Gasteiger partial charge in [0.25, 0.3) is 0 Å². The number of carbonyl (C=O) groups is 3. The number of benzene rings is 8. The second-order valence-corrected chi connectivity index (χ2v) is 31.9. The van der Waals surface area contributed by atoms with Crippen molar-refractivity contribution in [3.05, 3.63) is 249 Å². The largest absolute Gasteiger partial charge is 0.497 e. The minimum Gasteiger partial charge on any atom is -0.497 e. The van der Waals surface area contributed by atoms with E-state index < -0.39 is 12.2 Å². The number of nitrogens with zero attached hydrogens (tertiary/aromatic N) is 6. The summed E-state index contributed by atoms with van der Waals surface area (Å²) in [7, 11) is 4.86. The normalized spacial score (nSPS) is 26.2. The van der Waals surface area contributed by atoms with Gasteiger partial charge in [-0.1, -0.05) is 143 Å². The molecule has 115 heavy (non-hydrogen) atoms. The van der Waals surface area contributed by atoms with Crippen LogP contribution in [0.15, 0.2) is 215 Å². The van der Waals surface area contributed by atoms with Crippen molar-refractivity contribution in [3.63, 3.8) is 0 Å². The van der Waals surface area contributed by atoms with Gasteiger partial charge in [0.2, 0.25) is 0 Å². The molecule has 0 radical (unpaired) electrons. The van der Waals surface area contributed by atoms with E-state index >= 15 is 0 Å². The van der Waals surface area contributed by atoms with Gasteiger partial charge < -0.3 is 74.0 Å². The number of aliphatic hydroxyl groups excluding tert-OH is 2. The molecule has 8 fully saturated rings. The number of fused-ring (bicyclic) bond motifs is 5. The minimum absolute atomic E-state index is 0.0345. The lowest BCUT2D eigenvalue weighted by atomic mass is 9.72. The molecule has 0 spiro atoms. The zero-order chi connectivity index (χ0) is 80.5. The first-order chi connectivity index (χ1) is 56.0. The molecule has 0 unspecified atom stereocenters. The molecule has 8 aliphatic rings. The summed E-state index contributed by atoms with van der Waals surface area (Å²) in [5.41, 5.74) is 8.90. The number of hydrogen-bond donors (Lipinski definition) is 5. The van der Waals surface area contributed by atoms with E-state index in [2.05, 4.69) is 162 Å². The van der Waals surface area contributed by atoms with Crippen molar-refractivity contribution in [3.8, 4) is 41.4 Å². The predicted molar refractivity (Wildman–Crippen MR) is 455 cm³/mol. The smallest absolute Gasteiger partial charge is 0.321 e. The standard InChI is InChI=1S/C34H37N3O4.C26H32BrN3O4.C24H30BrN3O4.C8H6/c1-3-29-33(26-13-11-25(12-14-26)10-9-24-7-5-4-6-8-24)30-21-36(22-31-32(23-37(29)30)41-20-19-40-31)34(38)35-27-15-17-28(39-2)18-16-27;1-3-21-25(17-4-6-18(27)7-5-17)22-14-29(15-23-24(16-30(21)22)34-13-12-33-23)26(31)28-19-8-10-20(32-2)11-9-19;1-3-19-23(15-4-6-16(25)7-5-15)20-12-27(13-21(29)22(30)14-28(19)20)24(31)26-17-8-10-18(32-2)11-9-17;1-2-8-6-4-3-5-7-8/h4-8,11-18,29-33H,3,19-23H2,1-2H3,(H,35,38);4-11,21-25H,3,12-16H2,1-2H3,(H,28,31);4-11,19-23,29-30H,3,12-14H2,1-2H3,(H,26,31);1,3-7H/t29-,30+,31-,32+,33+;21-,22+,23-,24+,25+;19-,20+,21-,22+,23+;/m111./s1. The minimum atomic E-state index is -0.998. The lowest BCUT2D eigenvalue weighted by molar-refractivity contribution is -0.179. The van der Waals surface area contributed by atoms with Gasteiger partial charge in [0.1, 0.15) is 29.5 Å². The van der Waals surface area contributed by atoms with E-state index in [4.69, 9.17) is 39.6 Å². The second kappa shape index (κ2) is 40.0. The molecule has 0 bridgehead atoms. The number of nitrogens with one attached hydrogen (secondary N) is 3. The summed E-state index contributed by atoms with van der Waals surface area (Å²) in [5.74, 6) is 12.2. The van der Waals surface area contributed by atoms with Crippen LogP contribution in [0.5, 0.6) is 17.2 Å². The summed E-state index contributed by atoms with van der Waals surface area (Å²) < 4.78 is 42.3. The quantitative estimate of drug-likeness (QED) is 0.0720. The molecule has 6 amide bonds. The third kappa shape index (κ3) is 20.6. The summed E-state index contributed by atoms with van der Waals surface area (Å²) >= 11 is 7.06. The fourth-order valence-electron chi connectivity index (χ4n) is 17.5. The highest BCUT2D eigenvalue weighted by Crippen LogP contribution is 2.48. The van der Waals surface area contributed by atoms with Gasteiger partial charge >= 0.3 is 18.1 Å². The van der Waals surface area contributed by atoms with Gasteiger partial charge in [0.15, 0.2) is 0 Å². The summed E-state index contributed by atoms with van der Waals surface area (Å²) in [5, 5.41) is 30.2. The third-order valence-corrected chi connectivity index (χ3v) is 24.5. The van der Waals surface area contributed by atoms with Crippen LogP contribution in [0.4, 0.5) is 31.4 Å². The Labute approximate surface area is 693 Å². The average Bonchev–Trinajstić information content (AvgIpc) is 0.745. The Hall–Kier alpha value is -9.31. The molecule has 21 nitrogen and oxygen atoms in total. The highest BCUT2D eigenvalue weighted by atomic mass is 79.9. The molecular formula is C92H105Br2N9O12. The highest BCUT2D eigenvalue weighted by Gasteiger charge is 2.55. The van der Waals surface area contributed by atoms with E-state index in [0.717, 1.165) is 80.9 Å². The molecule has 15 atom stereocenters. The number of anilines is 3. The lowest BCUT2D eigenvalue weighted by Gasteiger charge is -2.59. The number of terminal acetylenes is 1. The highest BCUT2D eigenvalue weighted by molar-refractivity contribution is 9.10. The number of aliphatic hydroxyl groups is 2. The molecule has 8 aromatic carbocycles. The molecule has 16 rings (SSSR count). The Kier molecular flexibility index (Phi) is 29.1. The number of methoxy groups -OCH3 is 3. The van der Waals surface area contributed by atoms with Gasteiger partial charge in [-0.2, -0.15) is 0 Å². The number of β-amino-alcohol motifs (C(OH)–C–C–N with tert-alkyl or cyclic N) is 1. The zero-order valence-corrected chi connectivity index (χ0v) is 69.3. The van der Waals surface area contributed by atoms with Gasteiger partial charge in [-0.15, -0.1) is 6.42 Å². The van der Waals surface area contributed by atoms with Crippen molar-refractivity contribution >= 4 is 67.0 Å². The fourth-order valence-corrected chi connectivity index (χ4v) is 18.1. The van der Waals surface area contributed by atoms with Crippen molar-refractivity contribution < 1.29 is 57.8 Å². The van der Waals surface area contributed by atoms with Gasteiger partial charge in [0.05, 0.1) is 91.8 Å². The van der Waals surface area contributed by atoms with Crippen molar-refractivity contribution in [1.29, 1.82) is 0 Å². The second-order valence-electron chi connectivity index (χ2n) is 30.1. The van der Waals surface area contributed by atoms with E-state index in [-0.39, 0.29) is 79.1 Å². The summed E-state index contributed by atoms with van der Waals surface area (Å²) in [6.07, 6.45) is 5.82. The maximum atomic E-state index is 13.6. The van der Waals surface area contributed by atoms with Crippen LogP contribution in [0.2, 0.25) is 0 Å². The molecule has 8 heterocycles. The van der Waals surface area contributed by atoms with Crippen LogP contribution >= 0.6 is 31.9 Å². The SMILES string of the molecule is C#Cc1ccccc1.CC[C@@H]1[C@H](c2ccc(Br)cc2)[C@@H]2CN(C(=O)Nc3ccc(OC)cc3)C[C@@H](O)[C@@H](O)CN12.CC[C@@H]1[C@H](c2ccc(Br)cc2)[C@@H]2CN(C(=O)Nc3ccc(OC)cc3)C[C@H]3OCCO[C@H]3CN12.CC[C@@H]1[C@H](c2ccc(C#Cc3ccccc3)cc2)[C@@H]2CN(C(=O)Nc3ccc(OC)cc3)C[C@H]3OCCO[C@H]3CN12. The van der Waals surface area contributed by atoms with Crippen molar-refractivity contribution in [2.24, 2.45) is 0 Å². The zero-order valence-electron chi connectivity index (χ0n) is 66.1. The Morgan fingerprint density at radius 2 is 0.687 bits per heavy atom. The number of ether oxygens (including phenoxy) is 7. The molecule has 5 N–H and O–H groups in total. The third-order valence-electron chi connectivity index (χ3n) is 23.4. The number of carbonyl (C=O) groups excluding carboxylic acids is 3. The van der Waals surface area contributed by atoms with Crippen LogP contribution in [0, 0.1) is 24.2 Å². The van der Waals surface area contributed by atoms with E-state index in [0.29, 0.717) is 101 Å². The number of hydrogen-bond acceptors (Lipinski definition) is 15. The van der Waals surface area contributed by atoms with Crippen LogP contribution in [0.3, 0.4) is 0 Å². The van der Waals surface area contributed by atoms with Crippen molar-refractivity contribution in [1.82, 2.24) is 29.4 Å². The fraction of sp³-hybridized carbons (Fsp3) is 0.402. The van der Waals surface area contributed by atoms with Gasteiger partial charge in [-0.25, -0.2) is 14.4 Å². The lowest BCUT2D eigenvalue weighted by Crippen LogP contribution is -2.70. The topological polar surface area (TPSA) is 212 Å². The van der Waals surface area contributed by atoms with Gasteiger partial charge in [-0.3, -0.25) is 14.7 Å². The van der Waals surface area contributed by atoms with E-state index in [1.807, 2.05) is 131 Å². The molecule has 23 heteroatoms. The summed E-state index contributed by atoms with van der Waals surface area (Å²) in [4.78, 5) is 52.9. The summed E-state index contributed by atoms with van der Waals surface area (Å²) in [6.45, 7) is 13.8. The van der Waals surface area contributed by atoms with Crippen molar-refractivity contribution in [2.75, 3.05) is 123 Å². The number of halogens is 2. The number of urea groups is 3. The van der Waals surface area contributed by atoms with E-state index in [1.54, 1.807) is 50.5 Å². The predicted octanol–water partition coefficient (Wildman–Crippen LogP) is 14.3. The van der Waals surface area contributed by atoms with Crippen molar-refractivity contribution in [2.45, 2.75) is 131 Å². The number of amides is 6. The molecule has 8 saturated heterocycles. The molecule has 0 aliphatic carbocycles. The Balaban J connectivity index is 0.000000144. The first kappa shape index (κ1) is 83.6. The maximum Gasteiger partial charge on any atom is 0.321 e. The van der Waals surface area contributed by atoms with Crippen LogP contribution < -0.4 is 30.2 Å². The van der Waals surface area contributed by atoms with E-state index in [9.17, 15) is 24.6 Å². The van der Waals surface area contributed by atoms with Gasteiger partial charge in [-0.05, 0) is 169 Å². The average molecular weight is 1690 g/mol. The molecule has 0 aromatic heterocycles. The first-order valence-corrected chi connectivity index (χ1v) is 41.5. The molecule has 8 aliphatic heterocycles. The maximum absolute atomic E-state index is 13.6. The number of rotatable bonds is 12. The molecule has 0 saturated carbocycles. The van der Waals surface area contributed by atoms with Crippen LogP contribution in [0.1, 0.15) is 91.2 Å². The first-order valence-electron chi connectivity index (χ1n) is 39.9. The van der Waals surface area contributed by atoms with Crippen LogP contribution in [-0.2, 0) is 18.9 Å². The van der Waals surface area contributed by atoms with Gasteiger partial charge in [0, 0.05) is 136 Å². The molecule has 8 aromatic rings. The monoisotopic (exact) mass is 1690 g/mol. The Bertz CT molecular complexity index is 4560. The molecule has 604 valence electrons. The molecular weight excluding hydrogens is 1580 g/mol. The van der Waals surface area contributed by atoms with Crippen LogP contribution in [0.25, 0.3) is 0 Å². The van der Waals surface area contributed by atoms with E-state index in [1.165, 1.54) is 16.7 Å². The Morgan fingerprint density at radius 3 is 1.01 bits per heavy atom.